The molecule has 0 bridgehead atoms. The van der Waals surface area contributed by atoms with Crippen LogP contribution >= 0.6 is 0 Å². The molecule has 0 saturated carbocycles. The highest BCUT2D eigenvalue weighted by Gasteiger charge is 2.22. The molecular weight excluding hydrogens is 482 g/mol. The molecule has 1 aliphatic heterocycles. The SMILES string of the molecule is Cc1ccc(CNc2cccc(Oc3ccc(S(C)(=O)=O)cc3C3=CN(C)Cc4[nH]ccc43)c2)c(C)c1. The molecule has 0 radical (unpaired) electrons. The molecule has 0 aliphatic carbocycles. The van der Waals surface area contributed by atoms with Crippen LogP contribution < -0.4 is 10.1 Å². The van der Waals surface area contributed by atoms with E-state index in [0.717, 1.165) is 34.6 Å². The summed E-state index contributed by atoms with van der Waals surface area (Å²) in [4.78, 5) is 5.62. The van der Waals surface area contributed by atoms with Gasteiger partial charge in [0.05, 0.1) is 11.4 Å². The number of ether oxygens (including phenoxy) is 1. The number of benzene rings is 3. The molecule has 0 spiro atoms. The molecule has 5 rings (SSSR count). The molecule has 3 aromatic carbocycles. The Morgan fingerprint density at radius 2 is 1.84 bits per heavy atom. The van der Waals surface area contributed by atoms with Crippen LogP contribution in [0.5, 0.6) is 11.5 Å². The third-order valence-corrected chi connectivity index (χ3v) is 7.70. The summed E-state index contributed by atoms with van der Waals surface area (Å²) >= 11 is 0. The lowest BCUT2D eigenvalue weighted by atomic mass is 9.95. The largest absolute Gasteiger partial charge is 0.457 e. The van der Waals surface area contributed by atoms with Crippen molar-refractivity contribution in [3.05, 3.63) is 113 Å². The Morgan fingerprint density at radius 1 is 1.00 bits per heavy atom. The summed E-state index contributed by atoms with van der Waals surface area (Å²) in [5.41, 5.74) is 8.44. The number of rotatable bonds is 7. The molecule has 0 amide bonds. The van der Waals surface area contributed by atoms with Crippen LogP contribution in [0.25, 0.3) is 5.57 Å². The zero-order valence-electron chi connectivity index (χ0n) is 21.5. The van der Waals surface area contributed by atoms with Crippen LogP contribution in [0.15, 0.2) is 84.0 Å². The highest BCUT2D eigenvalue weighted by atomic mass is 32.2. The van der Waals surface area contributed by atoms with Crippen LogP contribution in [0.2, 0.25) is 0 Å². The van der Waals surface area contributed by atoms with Crippen molar-refractivity contribution < 1.29 is 13.2 Å². The van der Waals surface area contributed by atoms with Crippen molar-refractivity contribution in [2.24, 2.45) is 0 Å². The number of H-pyrrole nitrogens is 1. The number of nitrogens with one attached hydrogen (secondary N) is 2. The summed E-state index contributed by atoms with van der Waals surface area (Å²) in [5, 5.41) is 3.49. The van der Waals surface area contributed by atoms with E-state index < -0.39 is 9.84 Å². The third-order valence-electron chi connectivity index (χ3n) is 6.59. The van der Waals surface area contributed by atoms with Gasteiger partial charge in [0.2, 0.25) is 0 Å². The van der Waals surface area contributed by atoms with Gasteiger partial charge in [0.1, 0.15) is 11.5 Å². The quantitative estimate of drug-likeness (QED) is 0.305. The number of aryl methyl sites for hydroxylation is 2. The first-order chi connectivity index (χ1) is 17.7. The molecule has 1 aromatic heterocycles. The van der Waals surface area contributed by atoms with Gasteiger partial charge in [-0.2, -0.15) is 0 Å². The van der Waals surface area contributed by atoms with E-state index in [-0.39, 0.29) is 4.90 Å². The number of nitrogens with zero attached hydrogens (tertiary/aromatic N) is 1. The standard InChI is InChI=1S/C30H31N3O3S/c1-20-8-9-22(21(2)14-20)17-32-23-6-5-7-24(15-23)36-30-11-10-25(37(4,34)35)16-27(30)28-18-33(3)19-29-26(28)12-13-31-29/h5-16,18,31-32H,17,19H2,1-4H3. The van der Waals surface area contributed by atoms with Gasteiger partial charge in [-0.15, -0.1) is 0 Å². The molecule has 37 heavy (non-hydrogen) atoms. The van der Waals surface area contributed by atoms with Crippen LogP contribution in [0.3, 0.4) is 0 Å². The predicted molar refractivity (Wildman–Crippen MR) is 149 cm³/mol. The number of aromatic amines is 1. The fourth-order valence-corrected chi connectivity index (χ4v) is 5.31. The second-order valence-electron chi connectivity index (χ2n) is 9.67. The summed E-state index contributed by atoms with van der Waals surface area (Å²) < 4.78 is 31.2. The zero-order chi connectivity index (χ0) is 26.2. The van der Waals surface area contributed by atoms with Gasteiger partial charge in [-0.1, -0.05) is 29.8 Å². The smallest absolute Gasteiger partial charge is 0.175 e. The monoisotopic (exact) mass is 513 g/mol. The Hall–Kier alpha value is -3.97. The molecule has 2 heterocycles. The van der Waals surface area contributed by atoms with Crippen molar-refractivity contribution in [1.82, 2.24) is 9.88 Å². The molecule has 7 heteroatoms. The van der Waals surface area contributed by atoms with E-state index >= 15 is 0 Å². The molecule has 0 unspecified atom stereocenters. The second kappa shape index (κ2) is 9.82. The molecule has 0 saturated heterocycles. The maximum absolute atomic E-state index is 12.4. The van der Waals surface area contributed by atoms with Crippen LogP contribution in [-0.4, -0.2) is 31.6 Å². The normalized spacial score (nSPS) is 13.2. The van der Waals surface area contributed by atoms with Crippen molar-refractivity contribution in [3.63, 3.8) is 0 Å². The van der Waals surface area contributed by atoms with E-state index in [1.54, 1.807) is 18.2 Å². The number of sulfone groups is 1. The molecule has 6 nitrogen and oxygen atoms in total. The maximum Gasteiger partial charge on any atom is 0.175 e. The van der Waals surface area contributed by atoms with Gasteiger partial charge in [-0.3, -0.25) is 0 Å². The lowest BCUT2D eigenvalue weighted by Gasteiger charge is -2.25. The first-order valence-electron chi connectivity index (χ1n) is 12.2. The van der Waals surface area contributed by atoms with E-state index in [9.17, 15) is 8.42 Å². The van der Waals surface area contributed by atoms with E-state index in [2.05, 4.69) is 47.2 Å². The molecule has 0 fully saturated rings. The molecule has 1 aliphatic rings. The lowest BCUT2D eigenvalue weighted by molar-refractivity contribution is 0.439. The highest BCUT2D eigenvalue weighted by molar-refractivity contribution is 7.90. The molecular formula is C30H31N3O3S. The van der Waals surface area contributed by atoms with Gasteiger partial charge in [0, 0.05) is 66.4 Å². The van der Waals surface area contributed by atoms with Crippen molar-refractivity contribution in [1.29, 1.82) is 0 Å². The van der Waals surface area contributed by atoms with Gasteiger partial charge in [0.15, 0.2) is 9.84 Å². The van der Waals surface area contributed by atoms with E-state index in [1.165, 1.54) is 22.9 Å². The maximum atomic E-state index is 12.4. The van der Waals surface area contributed by atoms with E-state index in [4.69, 9.17) is 4.74 Å². The minimum Gasteiger partial charge on any atom is -0.457 e. The first-order valence-corrected chi connectivity index (χ1v) is 14.1. The van der Waals surface area contributed by atoms with Crippen LogP contribution in [0.1, 0.15) is 33.5 Å². The van der Waals surface area contributed by atoms with Crippen molar-refractivity contribution in [2.75, 3.05) is 18.6 Å². The Labute approximate surface area is 218 Å². The van der Waals surface area contributed by atoms with Crippen molar-refractivity contribution in [3.8, 4) is 11.5 Å². The highest BCUT2D eigenvalue weighted by Crippen LogP contribution is 2.39. The number of hydrogen-bond acceptors (Lipinski definition) is 5. The average Bonchev–Trinajstić information content (AvgIpc) is 3.31. The minimum atomic E-state index is -3.39. The first kappa shape index (κ1) is 24.7. The van der Waals surface area contributed by atoms with E-state index in [0.29, 0.717) is 18.0 Å². The summed E-state index contributed by atoms with van der Waals surface area (Å²) in [6.45, 7) is 5.68. The Bertz CT molecular complexity index is 1600. The summed E-state index contributed by atoms with van der Waals surface area (Å²) in [6.07, 6.45) is 5.16. The molecule has 190 valence electrons. The van der Waals surface area contributed by atoms with Crippen molar-refractivity contribution >= 4 is 21.1 Å². The number of hydrogen-bond donors (Lipinski definition) is 2. The zero-order valence-corrected chi connectivity index (χ0v) is 22.3. The van der Waals surface area contributed by atoms with Crippen LogP contribution in [0, 0.1) is 13.8 Å². The van der Waals surface area contributed by atoms with Crippen LogP contribution in [-0.2, 0) is 22.9 Å². The Balaban J connectivity index is 1.47. The molecule has 0 atom stereocenters. The second-order valence-corrected chi connectivity index (χ2v) is 11.7. The lowest BCUT2D eigenvalue weighted by Crippen LogP contribution is -2.17. The van der Waals surface area contributed by atoms with Crippen LogP contribution in [0.4, 0.5) is 5.69 Å². The van der Waals surface area contributed by atoms with Gasteiger partial charge in [-0.05, 0) is 61.4 Å². The Kier molecular flexibility index (Phi) is 6.56. The summed E-state index contributed by atoms with van der Waals surface area (Å²) in [5.74, 6) is 1.26. The molecule has 2 N–H and O–H groups in total. The number of fused-ring (bicyclic) bond motifs is 1. The van der Waals surface area contributed by atoms with Gasteiger partial charge in [-0.25, -0.2) is 8.42 Å². The van der Waals surface area contributed by atoms with E-state index in [1.807, 2.05) is 49.8 Å². The summed E-state index contributed by atoms with van der Waals surface area (Å²) in [6, 6.07) is 21.3. The summed E-state index contributed by atoms with van der Waals surface area (Å²) in [7, 11) is -1.40. The minimum absolute atomic E-state index is 0.255. The Morgan fingerprint density at radius 3 is 2.62 bits per heavy atom. The van der Waals surface area contributed by atoms with Gasteiger partial charge in [0.25, 0.3) is 0 Å². The van der Waals surface area contributed by atoms with Crippen molar-refractivity contribution in [2.45, 2.75) is 31.8 Å². The third kappa shape index (κ3) is 5.42. The number of anilines is 1. The predicted octanol–water partition coefficient (Wildman–Crippen LogP) is 6.27. The van der Waals surface area contributed by atoms with Gasteiger partial charge >= 0.3 is 0 Å². The topological polar surface area (TPSA) is 74.4 Å². The fraction of sp³-hybridized carbons (Fsp3) is 0.200. The number of aromatic nitrogens is 1. The van der Waals surface area contributed by atoms with Gasteiger partial charge < -0.3 is 19.9 Å². The molecule has 4 aromatic rings. The fourth-order valence-electron chi connectivity index (χ4n) is 4.66. The average molecular weight is 514 g/mol.